The van der Waals surface area contributed by atoms with Crippen molar-refractivity contribution < 1.29 is 4.79 Å². The standard InChI is InChI=1S/C26H29N3OS2/c1-5-17-12-18(25(32-17)31-6-2)22-19(15-27)24(28)29(16-10-8-7-9-11-16)20-13-26(3,4)14-21(30)23(20)22/h7-12,22H,5-6,13-14,28H2,1-4H3. The first kappa shape index (κ1) is 22.7. The van der Waals surface area contributed by atoms with Crippen molar-refractivity contribution in [1.82, 2.24) is 0 Å². The number of hydrogen-bond donors (Lipinski definition) is 1. The van der Waals surface area contributed by atoms with E-state index < -0.39 is 5.92 Å². The lowest BCUT2D eigenvalue weighted by atomic mass is 9.69. The van der Waals surface area contributed by atoms with Gasteiger partial charge < -0.3 is 5.73 Å². The summed E-state index contributed by atoms with van der Waals surface area (Å²) in [6, 6.07) is 14.4. The zero-order valence-electron chi connectivity index (χ0n) is 19.1. The first-order chi connectivity index (χ1) is 15.3. The van der Waals surface area contributed by atoms with Gasteiger partial charge in [0.25, 0.3) is 0 Å². The number of thiophene rings is 1. The number of hydrogen-bond acceptors (Lipinski definition) is 6. The predicted octanol–water partition coefficient (Wildman–Crippen LogP) is 6.36. The molecule has 1 atom stereocenters. The molecule has 0 spiro atoms. The summed E-state index contributed by atoms with van der Waals surface area (Å²) in [5.74, 6) is 1.10. The number of nitrogens with zero attached hydrogens (tertiary/aromatic N) is 2. The van der Waals surface area contributed by atoms with Gasteiger partial charge in [-0.2, -0.15) is 5.26 Å². The van der Waals surface area contributed by atoms with E-state index in [9.17, 15) is 10.1 Å². The topological polar surface area (TPSA) is 70.1 Å². The first-order valence-electron chi connectivity index (χ1n) is 11.1. The van der Waals surface area contributed by atoms with Crippen LogP contribution >= 0.6 is 23.1 Å². The average Bonchev–Trinajstić information content (AvgIpc) is 3.15. The minimum absolute atomic E-state index is 0.124. The molecule has 0 amide bonds. The van der Waals surface area contributed by atoms with Crippen LogP contribution in [0.2, 0.25) is 0 Å². The van der Waals surface area contributed by atoms with Crippen molar-refractivity contribution in [3.05, 3.63) is 69.5 Å². The number of allylic oxidation sites excluding steroid dienone is 3. The number of nitriles is 1. The third kappa shape index (κ3) is 3.89. The van der Waals surface area contributed by atoms with E-state index in [4.69, 9.17) is 5.73 Å². The molecule has 0 saturated carbocycles. The third-order valence-electron chi connectivity index (χ3n) is 6.11. The highest BCUT2D eigenvalue weighted by Gasteiger charge is 2.45. The van der Waals surface area contributed by atoms with Gasteiger partial charge in [-0.1, -0.05) is 45.9 Å². The highest BCUT2D eigenvalue weighted by atomic mass is 32.2. The van der Waals surface area contributed by atoms with Crippen LogP contribution in [0.3, 0.4) is 0 Å². The van der Waals surface area contributed by atoms with Crippen molar-refractivity contribution in [2.45, 2.75) is 57.1 Å². The van der Waals surface area contributed by atoms with Crippen molar-refractivity contribution in [2.24, 2.45) is 11.1 Å². The van der Waals surface area contributed by atoms with Crippen molar-refractivity contribution in [1.29, 1.82) is 5.26 Å². The number of aryl methyl sites for hydroxylation is 1. The van der Waals surface area contributed by atoms with Crippen molar-refractivity contribution in [2.75, 3.05) is 10.7 Å². The zero-order valence-corrected chi connectivity index (χ0v) is 20.7. The van der Waals surface area contributed by atoms with Gasteiger partial charge in [-0.3, -0.25) is 9.69 Å². The smallest absolute Gasteiger partial charge is 0.162 e. The van der Waals surface area contributed by atoms with E-state index in [2.05, 4.69) is 39.8 Å². The van der Waals surface area contributed by atoms with Gasteiger partial charge in [-0.25, -0.2) is 0 Å². The predicted molar refractivity (Wildman–Crippen MR) is 134 cm³/mol. The van der Waals surface area contributed by atoms with Crippen LogP contribution in [-0.4, -0.2) is 11.5 Å². The normalized spacial score (nSPS) is 20.4. The van der Waals surface area contributed by atoms with Gasteiger partial charge in [0.15, 0.2) is 5.78 Å². The number of rotatable bonds is 5. The Morgan fingerprint density at radius 3 is 2.59 bits per heavy atom. The monoisotopic (exact) mass is 463 g/mol. The van der Waals surface area contributed by atoms with Crippen LogP contribution in [0, 0.1) is 16.7 Å². The molecule has 2 aliphatic rings. The van der Waals surface area contributed by atoms with Crippen molar-refractivity contribution in [3.63, 3.8) is 0 Å². The maximum atomic E-state index is 13.7. The van der Waals surface area contributed by atoms with Crippen molar-refractivity contribution in [3.8, 4) is 6.07 Å². The second kappa shape index (κ2) is 8.80. The van der Waals surface area contributed by atoms with Crippen molar-refractivity contribution >= 4 is 34.6 Å². The molecule has 1 aliphatic carbocycles. The molecule has 6 heteroatoms. The number of thioether (sulfide) groups is 1. The number of carbonyl (C=O) groups is 1. The largest absolute Gasteiger partial charge is 0.384 e. The Morgan fingerprint density at radius 2 is 1.97 bits per heavy atom. The SMILES string of the molecule is CCSc1sc(CC)cc1C1C(C#N)=C(N)N(c2ccccc2)C2=C1C(=O)CC(C)(C)C2. The fourth-order valence-electron chi connectivity index (χ4n) is 4.75. The summed E-state index contributed by atoms with van der Waals surface area (Å²) in [4.78, 5) is 16.9. The Morgan fingerprint density at radius 1 is 1.25 bits per heavy atom. The Balaban J connectivity index is 2.00. The number of ketones is 1. The average molecular weight is 464 g/mol. The molecular weight excluding hydrogens is 434 g/mol. The summed E-state index contributed by atoms with van der Waals surface area (Å²) in [6.45, 7) is 8.53. The number of anilines is 1. The van der Waals surface area contributed by atoms with Crippen LogP contribution in [0.15, 0.2) is 63.3 Å². The summed E-state index contributed by atoms with van der Waals surface area (Å²) < 4.78 is 1.19. The molecule has 4 rings (SSSR count). The second-order valence-corrected chi connectivity index (χ2v) is 11.7. The Labute approximate surface area is 198 Å². The summed E-state index contributed by atoms with van der Waals surface area (Å²) in [5, 5.41) is 10.3. The number of benzene rings is 1. The van der Waals surface area contributed by atoms with Gasteiger partial charge in [0.05, 0.1) is 21.8 Å². The second-order valence-electron chi connectivity index (χ2n) is 9.06. The minimum Gasteiger partial charge on any atom is -0.384 e. The van der Waals surface area contributed by atoms with Gasteiger partial charge in [0.2, 0.25) is 0 Å². The van der Waals surface area contributed by atoms with E-state index >= 15 is 0 Å². The van der Waals surface area contributed by atoms with Crippen LogP contribution in [0.4, 0.5) is 5.69 Å². The van der Waals surface area contributed by atoms with Gasteiger partial charge in [0, 0.05) is 28.3 Å². The molecule has 0 bridgehead atoms. The molecule has 1 aromatic carbocycles. The molecule has 166 valence electrons. The van der Waals surface area contributed by atoms with Crippen LogP contribution in [-0.2, 0) is 11.2 Å². The lowest BCUT2D eigenvalue weighted by molar-refractivity contribution is -0.118. The lowest BCUT2D eigenvalue weighted by Gasteiger charge is -2.43. The quantitative estimate of drug-likeness (QED) is 0.522. The molecule has 1 aliphatic heterocycles. The minimum atomic E-state index is -0.399. The van der Waals surface area contributed by atoms with Gasteiger partial charge >= 0.3 is 0 Å². The van der Waals surface area contributed by atoms with Crippen LogP contribution in [0.1, 0.15) is 56.9 Å². The van der Waals surface area contributed by atoms with Gasteiger partial charge in [-0.05, 0) is 47.8 Å². The number of Topliss-reactive ketones (excluding diaryl/α,β-unsaturated/α-hetero) is 1. The molecule has 4 nitrogen and oxygen atoms in total. The number of nitrogens with two attached hydrogens (primary N) is 1. The van der Waals surface area contributed by atoms with E-state index in [0.717, 1.165) is 41.1 Å². The van der Waals surface area contributed by atoms with Crippen LogP contribution < -0.4 is 10.6 Å². The van der Waals surface area contributed by atoms with Crippen LogP contribution in [0.25, 0.3) is 0 Å². The highest BCUT2D eigenvalue weighted by molar-refractivity contribution is 8.01. The number of para-hydroxylation sites is 1. The fourth-order valence-corrected chi connectivity index (χ4v) is 7.13. The molecule has 1 unspecified atom stereocenters. The zero-order chi connectivity index (χ0) is 23.0. The van der Waals surface area contributed by atoms with Gasteiger partial charge in [0.1, 0.15) is 5.82 Å². The molecule has 0 radical (unpaired) electrons. The van der Waals surface area contributed by atoms with E-state index in [1.807, 2.05) is 35.2 Å². The fraction of sp³-hybridized carbons (Fsp3) is 0.385. The lowest BCUT2D eigenvalue weighted by Crippen LogP contribution is -2.42. The van der Waals surface area contributed by atoms with E-state index in [1.54, 1.807) is 23.1 Å². The molecule has 2 N–H and O–H groups in total. The summed E-state index contributed by atoms with van der Waals surface area (Å²) in [6.07, 6.45) is 2.14. The molecular formula is C26H29N3OS2. The molecule has 2 aromatic rings. The summed E-state index contributed by atoms with van der Waals surface area (Å²) in [7, 11) is 0. The first-order valence-corrected chi connectivity index (χ1v) is 12.9. The molecule has 0 saturated heterocycles. The highest BCUT2D eigenvalue weighted by Crippen LogP contribution is 2.52. The number of carbonyl (C=O) groups excluding carboxylic acids is 1. The summed E-state index contributed by atoms with van der Waals surface area (Å²) >= 11 is 3.55. The molecule has 0 fully saturated rings. The molecule has 32 heavy (non-hydrogen) atoms. The maximum absolute atomic E-state index is 13.7. The summed E-state index contributed by atoms with van der Waals surface area (Å²) in [5.41, 5.74) is 10.7. The maximum Gasteiger partial charge on any atom is 0.162 e. The van der Waals surface area contributed by atoms with Crippen LogP contribution in [0.5, 0.6) is 0 Å². The van der Waals surface area contributed by atoms with Gasteiger partial charge in [-0.15, -0.1) is 23.1 Å². The molecule has 1 aromatic heterocycles. The van der Waals surface area contributed by atoms with E-state index in [0.29, 0.717) is 17.8 Å². The third-order valence-corrected chi connectivity index (χ3v) is 8.59. The molecule has 2 heterocycles. The Hall–Kier alpha value is -2.49. The van der Waals surface area contributed by atoms with E-state index in [-0.39, 0.29) is 11.2 Å². The Bertz CT molecular complexity index is 1150. The van der Waals surface area contributed by atoms with E-state index in [1.165, 1.54) is 9.09 Å². The Kier molecular flexibility index (Phi) is 6.24.